The predicted octanol–water partition coefficient (Wildman–Crippen LogP) is 2.26. The molecule has 0 spiro atoms. The number of halogens is 1. The molecule has 8 heteroatoms. The van der Waals surface area contributed by atoms with Crippen LogP contribution in [0, 0.1) is 0 Å². The van der Waals surface area contributed by atoms with Gasteiger partial charge in [-0.15, -0.1) is 0 Å². The molecular weight excluding hydrogens is 336 g/mol. The Hall–Kier alpha value is -2.45. The van der Waals surface area contributed by atoms with Crippen LogP contribution in [0.5, 0.6) is 0 Å². The van der Waals surface area contributed by atoms with Gasteiger partial charge in [0.05, 0.1) is 16.6 Å². The number of pyridine rings is 1. The molecule has 106 valence electrons. The summed E-state index contributed by atoms with van der Waals surface area (Å²) in [6, 6.07) is 9.13. The number of aromatic amines is 1. The van der Waals surface area contributed by atoms with Gasteiger partial charge in [0, 0.05) is 10.7 Å². The molecule has 0 fully saturated rings. The second-order valence-electron chi connectivity index (χ2n) is 4.25. The number of anilines is 2. The molecule has 1 amide bonds. The topological polar surface area (TPSA) is 109 Å². The average Bonchev–Trinajstić information content (AvgIpc) is 2.89. The number of carbonyl (C=O) groups is 1. The molecule has 0 radical (unpaired) electrons. The Morgan fingerprint density at radius 3 is 2.90 bits per heavy atom. The molecule has 0 aliphatic carbocycles. The van der Waals surface area contributed by atoms with Crippen molar-refractivity contribution < 1.29 is 4.79 Å². The lowest BCUT2D eigenvalue weighted by Crippen LogP contribution is -2.19. The number of hydrogen-bond acceptors (Lipinski definition) is 5. The number of nitrogens with two attached hydrogens (primary N) is 1. The maximum atomic E-state index is 12.3. The first kappa shape index (κ1) is 13.5. The number of rotatable bonds is 3. The Morgan fingerprint density at radius 2 is 2.14 bits per heavy atom. The Morgan fingerprint density at radius 1 is 1.33 bits per heavy atom. The Balaban J connectivity index is 1.90. The highest BCUT2D eigenvalue weighted by atomic mass is 79.9. The number of hydrogen-bond donors (Lipinski definition) is 4. The molecule has 2 heterocycles. The van der Waals surface area contributed by atoms with Crippen molar-refractivity contribution >= 4 is 44.6 Å². The van der Waals surface area contributed by atoms with Gasteiger partial charge in [-0.2, -0.15) is 0 Å². The van der Waals surface area contributed by atoms with E-state index in [0.717, 1.165) is 11.0 Å². The molecule has 0 unspecified atom stereocenters. The van der Waals surface area contributed by atoms with Crippen LogP contribution in [0.4, 0.5) is 11.8 Å². The highest BCUT2D eigenvalue weighted by molar-refractivity contribution is 9.10. The summed E-state index contributed by atoms with van der Waals surface area (Å²) in [5.74, 6) is 5.65. The number of aromatic nitrogens is 3. The van der Waals surface area contributed by atoms with E-state index in [1.54, 1.807) is 12.3 Å². The number of imidazole rings is 1. The molecule has 0 aliphatic rings. The normalized spacial score (nSPS) is 10.6. The van der Waals surface area contributed by atoms with E-state index in [2.05, 4.69) is 41.6 Å². The molecule has 7 nitrogen and oxygen atoms in total. The minimum Gasteiger partial charge on any atom is -0.324 e. The number of fused-ring (bicyclic) bond motifs is 1. The van der Waals surface area contributed by atoms with Crippen molar-refractivity contribution in [1.82, 2.24) is 15.0 Å². The van der Waals surface area contributed by atoms with Gasteiger partial charge in [0.1, 0.15) is 0 Å². The maximum Gasteiger partial charge on any atom is 0.261 e. The van der Waals surface area contributed by atoms with E-state index in [-0.39, 0.29) is 11.7 Å². The van der Waals surface area contributed by atoms with Crippen LogP contribution in [0.3, 0.4) is 0 Å². The van der Waals surface area contributed by atoms with Crippen LogP contribution in [-0.4, -0.2) is 20.9 Å². The molecule has 0 saturated heterocycles. The lowest BCUT2D eigenvalue weighted by Gasteiger charge is -2.07. The quantitative estimate of drug-likeness (QED) is 0.429. The van der Waals surface area contributed by atoms with Gasteiger partial charge in [0.15, 0.2) is 5.82 Å². The van der Waals surface area contributed by atoms with Crippen LogP contribution in [0.2, 0.25) is 0 Å². The number of hydrazine groups is 1. The van der Waals surface area contributed by atoms with Crippen LogP contribution in [-0.2, 0) is 0 Å². The van der Waals surface area contributed by atoms with Gasteiger partial charge in [-0.1, -0.05) is 12.1 Å². The number of H-pyrrole nitrogens is 1. The van der Waals surface area contributed by atoms with E-state index in [0.29, 0.717) is 16.0 Å². The van der Waals surface area contributed by atoms with Crippen LogP contribution >= 0.6 is 15.9 Å². The van der Waals surface area contributed by atoms with E-state index in [1.807, 2.05) is 24.3 Å². The van der Waals surface area contributed by atoms with Gasteiger partial charge in [0.2, 0.25) is 5.95 Å². The van der Waals surface area contributed by atoms with Crippen molar-refractivity contribution in [2.24, 2.45) is 5.84 Å². The third-order valence-corrected chi connectivity index (χ3v) is 3.29. The highest BCUT2D eigenvalue weighted by Gasteiger charge is 2.14. The van der Waals surface area contributed by atoms with E-state index in [4.69, 9.17) is 5.84 Å². The van der Waals surface area contributed by atoms with Crippen molar-refractivity contribution in [1.29, 1.82) is 0 Å². The summed E-state index contributed by atoms with van der Waals surface area (Å²) in [5, 5.41) is 2.69. The van der Waals surface area contributed by atoms with Crippen LogP contribution < -0.4 is 16.6 Å². The van der Waals surface area contributed by atoms with Crippen LogP contribution in [0.15, 0.2) is 41.0 Å². The molecule has 3 aromatic rings. The first-order valence-corrected chi connectivity index (χ1v) is 6.85. The fraction of sp³-hybridized carbons (Fsp3) is 0. The molecule has 21 heavy (non-hydrogen) atoms. The summed E-state index contributed by atoms with van der Waals surface area (Å²) in [7, 11) is 0. The van der Waals surface area contributed by atoms with E-state index in [9.17, 15) is 4.79 Å². The lowest BCUT2D eigenvalue weighted by molar-refractivity contribution is 0.102. The summed E-state index contributed by atoms with van der Waals surface area (Å²) in [6.45, 7) is 0. The highest BCUT2D eigenvalue weighted by Crippen LogP contribution is 2.19. The zero-order chi connectivity index (χ0) is 14.8. The number of amides is 1. The second kappa shape index (κ2) is 5.51. The minimum atomic E-state index is -0.365. The standard InChI is InChI=1S/C13H11BrN6O/c14-7-5-8(11(20-15)16-6-7)12(21)19-13-17-9-3-1-2-4-10(9)18-13/h1-6H,15H2,(H,16,20)(H2,17,18,19,21). The lowest BCUT2D eigenvalue weighted by atomic mass is 10.2. The van der Waals surface area contributed by atoms with Crippen molar-refractivity contribution in [3.05, 3.63) is 46.6 Å². The first-order valence-electron chi connectivity index (χ1n) is 6.05. The van der Waals surface area contributed by atoms with Crippen LogP contribution in [0.25, 0.3) is 11.0 Å². The number of carbonyl (C=O) groups excluding carboxylic acids is 1. The van der Waals surface area contributed by atoms with E-state index in [1.165, 1.54) is 0 Å². The maximum absolute atomic E-state index is 12.3. The van der Waals surface area contributed by atoms with Gasteiger partial charge in [-0.25, -0.2) is 15.8 Å². The summed E-state index contributed by atoms with van der Waals surface area (Å²) in [5.41, 5.74) is 4.33. The monoisotopic (exact) mass is 346 g/mol. The van der Waals surface area contributed by atoms with Gasteiger partial charge < -0.3 is 10.4 Å². The number of nitrogens with one attached hydrogen (secondary N) is 3. The van der Waals surface area contributed by atoms with Gasteiger partial charge in [-0.05, 0) is 34.1 Å². The molecule has 1 aromatic carbocycles. The summed E-state index contributed by atoms with van der Waals surface area (Å²) in [4.78, 5) is 23.6. The molecule has 0 aliphatic heterocycles. The number of para-hydroxylation sites is 2. The molecule has 0 bridgehead atoms. The molecule has 3 rings (SSSR count). The van der Waals surface area contributed by atoms with E-state index < -0.39 is 0 Å². The smallest absolute Gasteiger partial charge is 0.261 e. The van der Waals surface area contributed by atoms with Gasteiger partial charge >= 0.3 is 0 Å². The Kier molecular flexibility index (Phi) is 3.55. The minimum absolute atomic E-state index is 0.284. The van der Waals surface area contributed by atoms with Crippen molar-refractivity contribution in [3.8, 4) is 0 Å². The molecule has 0 saturated carbocycles. The zero-order valence-electron chi connectivity index (χ0n) is 10.7. The van der Waals surface area contributed by atoms with Gasteiger partial charge in [0.25, 0.3) is 5.91 Å². The first-order chi connectivity index (χ1) is 10.2. The number of nitrogens with zero attached hydrogens (tertiary/aromatic N) is 2. The van der Waals surface area contributed by atoms with Crippen molar-refractivity contribution in [2.45, 2.75) is 0 Å². The fourth-order valence-corrected chi connectivity index (χ4v) is 2.25. The summed E-state index contributed by atoms with van der Waals surface area (Å²) in [6.07, 6.45) is 1.55. The summed E-state index contributed by atoms with van der Waals surface area (Å²) < 4.78 is 0.677. The Labute approximate surface area is 128 Å². The predicted molar refractivity (Wildman–Crippen MR) is 83.8 cm³/mol. The molecule has 5 N–H and O–H groups in total. The third-order valence-electron chi connectivity index (χ3n) is 2.86. The largest absolute Gasteiger partial charge is 0.324 e. The van der Waals surface area contributed by atoms with Gasteiger partial charge in [-0.3, -0.25) is 10.1 Å². The van der Waals surface area contributed by atoms with Crippen molar-refractivity contribution in [3.63, 3.8) is 0 Å². The second-order valence-corrected chi connectivity index (χ2v) is 5.17. The molecule has 2 aromatic heterocycles. The summed E-state index contributed by atoms with van der Waals surface area (Å²) >= 11 is 3.27. The molecule has 0 atom stereocenters. The average molecular weight is 347 g/mol. The fourth-order valence-electron chi connectivity index (χ4n) is 1.91. The molecular formula is C13H11BrN6O. The van der Waals surface area contributed by atoms with Crippen LogP contribution in [0.1, 0.15) is 10.4 Å². The number of nitrogen functional groups attached to an aromatic ring is 1. The zero-order valence-corrected chi connectivity index (χ0v) is 12.3. The Bertz CT molecular complexity index is 782. The van der Waals surface area contributed by atoms with E-state index >= 15 is 0 Å². The third kappa shape index (κ3) is 2.71. The SMILES string of the molecule is NNc1ncc(Br)cc1C(=O)Nc1nc2ccccc2[nH]1. The number of benzene rings is 1. The van der Waals surface area contributed by atoms with Crippen molar-refractivity contribution in [2.75, 3.05) is 10.7 Å².